The molecule has 1 amide bonds. The van der Waals surface area contributed by atoms with Gasteiger partial charge >= 0.3 is 0 Å². The quantitative estimate of drug-likeness (QED) is 0.345. The van der Waals surface area contributed by atoms with Gasteiger partial charge in [-0.25, -0.2) is 5.84 Å². The second-order valence-electron chi connectivity index (χ2n) is 3.40. The van der Waals surface area contributed by atoms with Gasteiger partial charge in [-0.3, -0.25) is 10.2 Å². The van der Waals surface area contributed by atoms with E-state index in [1.54, 1.807) is 0 Å². The van der Waals surface area contributed by atoms with E-state index >= 15 is 0 Å². The Morgan fingerprint density at radius 2 is 2.42 bits per heavy atom. The van der Waals surface area contributed by atoms with Crippen LogP contribution in [0.4, 0.5) is 0 Å². The summed E-state index contributed by atoms with van der Waals surface area (Å²) in [5.74, 6) is 4.96. The molecule has 70 valence electrons. The Bertz CT molecular complexity index is 160. The van der Waals surface area contributed by atoms with Gasteiger partial charge in [0.1, 0.15) is 0 Å². The maximum absolute atomic E-state index is 11.0. The average Bonchev–Trinajstić information content (AvgIpc) is 2.09. The molecule has 1 aliphatic rings. The van der Waals surface area contributed by atoms with Gasteiger partial charge in [0.15, 0.2) is 0 Å². The van der Waals surface area contributed by atoms with Crippen LogP contribution in [0.1, 0.15) is 25.7 Å². The summed E-state index contributed by atoms with van der Waals surface area (Å²) in [6.07, 6.45) is 4.13. The van der Waals surface area contributed by atoms with Crippen molar-refractivity contribution in [2.75, 3.05) is 13.6 Å². The van der Waals surface area contributed by atoms with E-state index in [1.165, 1.54) is 12.8 Å². The predicted molar refractivity (Wildman–Crippen MR) is 47.2 cm³/mol. The molecule has 0 bridgehead atoms. The van der Waals surface area contributed by atoms with E-state index < -0.39 is 0 Å². The fourth-order valence-electron chi connectivity index (χ4n) is 1.67. The average molecular weight is 171 g/mol. The molecule has 3 N–H and O–H groups in total. The lowest BCUT2D eigenvalue weighted by Crippen LogP contribution is -2.41. The van der Waals surface area contributed by atoms with Crippen molar-refractivity contribution in [2.45, 2.75) is 31.7 Å². The molecule has 1 unspecified atom stereocenters. The number of carbonyl (C=O) groups excluding carboxylic acids is 1. The lowest BCUT2D eigenvalue weighted by Gasteiger charge is -2.31. The number of piperidine rings is 1. The van der Waals surface area contributed by atoms with Crippen LogP contribution in [-0.2, 0) is 4.79 Å². The predicted octanol–water partition coefficient (Wildman–Crippen LogP) is -0.149. The van der Waals surface area contributed by atoms with E-state index in [0.717, 1.165) is 13.0 Å². The highest BCUT2D eigenvalue weighted by Crippen LogP contribution is 2.17. The van der Waals surface area contributed by atoms with Gasteiger partial charge in [-0.05, 0) is 26.4 Å². The summed E-state index contributed by atoms with van der Waals surface area (Å²) in [5, 5.41) is 0. The van der Waals surface area contributed by atoms with Crippen LogP contribution in [0.5, 0.6) is 0 Å². The number of hydrogen-bond donors (Lipinski definition) is 2. The fourth-order valence-corrected chi connectivity index (χ4v) is 1.67. The Balaban J connectivity index is 2.33. The first-order valence-corrected chi connectivity index (χ1v) is 4.43. The monoisotopic (exact) mass is 171 g/mol. The summed E-state index contributed by atoms with van der Waals surface area (Å²) < 4.78 is 0. The van der Waals surface area contributed by atoms with Crippen molar-refractivity contribution >= 4 is 5.91 Å². The van der Waals surface area contributed by atoms with Gasteiger partial charge in [-0.15, -0.1) is 0 Å². The third kappa shape index (κ3) is 2.46. The minimum atomic E-state index is -0.0613. The molecular formula is C8H17N3O. The number of nitrogens with two attached hydrogens (primary N) is 1. The van der Waals surface area contributed by atoms with Gasteiger partial charge in [-0.1, -0.05) is 6.42 Å². The number of hydrogen-bond acceptors (Lipinski definition) is 3. The van der Waals surface area contributed by atoms with E-state index in [1.807, 2.05) is 0 Å². The highest BCUT2D eigenvalue weighted by molar-refractivity contribution is 5.75. The number of hydrazine groups is 1. The van der Waals surface area contributed by atoms with Crippen LogP contribution >= 0.6 is 0 Å². The lowest BCUT2D eigenvalue weighted by molar-refractivity contribution is -0.122. The maximum Gasteiger partial charge on any atom is 0.235 e. The summed E-state index contributed by atoms with van der Waals surface area (Å²) in [5.41, 5.74) is 2.17. The third-order valence-corrected chi connectivity index (χ3v) is 2.50. The lowest BCUT2D eigenvalue weighted by atomic mass is 10.00. The second-order valence-corrected chi connectivity index (χ2v) is 3.40. The molecule has 1 fully saturated rings. The summed E-state index contributed by atoms with van der Waals surface area (Å²) >= 11 is 0. The molecule has 0 aliphatic carbocycles. The van der Waals surface area contributed by atoms with Gasteiger partial charge in [0.25, 0.3) is 0 Å². The van der Waals surface area contributed by atoms with Crippen LogP contribution in [-0.4, -0.2) is 30.4 Å². The zero-order valence-corrected chi connectivity index (χ0v) is 7.55. The van der Waals surface area contributed by atoms with Gasteiger partial charge in [-0.2, -0.15) is 0 Å². The van der Waals surface area contributed by atoms with Gasteiger partial charge in [0.2, 0.25) is 5.91 Å². The van der Waals surface area contributed by atoms with E-state index in [0.29, 0.717) is 12.5 Å². The van der Waals surface area contributed by atoms with Crippen molar-refractivity contribution in [3.8, 4) is 0 Å². The molecular weight excluding hydrogens is 154 g/mol. The number of nitrogens with one attached hydrogen (secondary N) is 1. The van der Waals surface area contributed by atoms with E-state index in [4.69, 9.17) is 5.84 Å². The first-order chi connectivity index (χ1) is 5.74. The molecule has 1 atom stereocenters. The molecule has 1 saturated heterocycles. The molecule has 0 radical (unpaired) electrons. The summed E-state index contributed by atoms with van der Waals surface area (Å²) in [7, 11) is 2.06. The summed E-state index contributed by atoms with van der Waals surface area (Å²) in [4.78, 5) is 13.2. The van der Waals surface area contributed by atoms with Crippen molar-refractivity contribution in [1.82, 2.24) is 10.3 Å². The van der Waals surface area contributed by atoms with Crippen LogP contribution in [0.3, 0.4) is 0 Å². The number of carbonyl (C=O) groups is 1. The largest absolute Gasteiger partial charge is 0.303 e. The van der Waals surface area contributed by atoms with Gasteiger partial charge in [0.05, 0.1) is 0 Å². The summed E-state index contributed by atoms with van der Waals surface area (Å²) in [6.45, 7) is 1.10. The standard InChI is InChI=1S/C8H17N3O/c1-11-5-3-2-4-7(11)6-8(12)10-9/h7H,2-6,9H2,1H3,(H,10,12). The molecule has 4 nitrogen and oxygen atoms in total. The molecule has 0 spiro atoms. The third-order valence-electron chi connectivity index (χ3n) is 2.50. The Labute approximate surface area is 73.1 Å². The van der Waals surface area contributed by atoms with Crippen molar-refractivity contribution < 1.29 is 4.79 Å². The van der Waals surface area contributed by atoms with Crippen molar-refractivity contribution in [2.24, 2.45) is 5.84 Å². The van der Waals surface area contributed by atoms with Crippen LogP contribution in [0.2, 0.25) is 0 Å². The van der Waals surface area contributed by atoms with E-state index in [-0.39, 0.29) is 5.91 Å². The minimum Gasteiger partial charge on any atom is -0.303 e. The molecule has 0 saturated carbocycles. The number of nitrogens with zero attached hydrogens (tertiary/aromatic N) is 1. The van der Waals surface area contributed by atoms with Gasteiger partial charge in [0, 0.05) is 12.5 Å². The molecule has 1 rings (SSSR count). The molecule has 1 heterocycles. The molecule has 0 aromatic rings. The Kier molecular flexibility index (Phi) is 3.49. The van der Waals surface area contributed by atoms with E-state index in [9.17, 15) is 4.79 Å². The fraction of sp³-hybridized carbons (Fsp3) is 0.875. The number of rotatable bonds is 2. The SMILES string of the molecule is CN1CCCCC1CC(=O)NN. The van der Waals surface area contributed by atoms with E-state index in [2.05, 4.69) is 17.4 Å². The number of likely N-dealkylation sites (tertiary alicyclic amines) is 1. The zero-order chi connectivity index (χ0) is 8.97. The maximum atomic E-state index is 11.0. The summed E-state index contributed by atoms with van der Waals surface area (Å²) in [6, 6.07) is 0.391. The van der Waals surface area contributed by atoms with Crippen molar-refractivity contribution in [1.29, 1.82) is 0 Å². The minimum absolute atomic E-state index is 0.0613. The van der Waals surface area contributed by atoms with Crippen LogP contribution in [0, 0.1) is 0 Å². The molecule has 12 heavy (non-hydrogen) atoms. The highest BCUT2D eigenvalue weighted by atomic mass is 16.2. The van der Waals surface area contributed by atoms with Crippen LogP contribution in [0.15, 0.2) is 0 Å². The Hall–Kier alpha value is -0.610. The second kappa shape index (κ2) is 4.42. The van der Waals surface area contributed by atoms with Crippen molar-refractivity contribution in [3.63, 3.8) is 0 Å². The zero-order valence-electron chi connectivity index (χ0n) is 7.55. The first-order valence-electron chi connectivity index (χ1n) is 4.43. The smallest absolute Gasteiger partial charge is 0.235 e. The first kappa shape index (κ1) is 9.48. The Morgan fingerprint density at radius 1 is 1.67 bits per heavy atom. The molecule has 0 aromatic heterocycles. The highest BCUT2D eigenvalue weighted by Gasteiger charge is 2.20. The van der Waals surface area contributed by atoms with Gasteiger partial charge < -0.3 is 4.90 Å². The van der Waals surface area contributed by atoms with Crippen LogP contribution in [0.25, 0.3) is 0 Å². The topological polar surface area (TPSA) is 58.4 Å². The Morgan fingerprint density at radius 3 is 3.00 bits per heavy atom. The van der Waals surface area contributed by atoms with Crippen molar-refractivity contribution in [3.05, 3.63) is 0 Å². The van der Waals surface area contributed by atoms with Crippen LogP contribution < -0.4 is 11.3 Å². The normalized spacial score (nSPS) is 25.3. The molecule has 4 heteroatoms. The molecule has 0 aromatic carbocycles. The number of amides is 1. The molecule has 1 aliphatic heterocycles.